The lowest BCUT2D eigenvalue weighted by molar-refractivity contribution is 0.0853. The minimum atomic E-state index is -0.231. The summed E-state index contributed by atoms with van der Waals surface area (Å²) < 4.78 is 5.40. The first-order chi connectivity index (χ1) is 8.29. The summed E-state index contributed by atoms with van der Waals surface area (Å²) in [5.41, 5.74) is 0.766. The Hall–Kier alpha value is -1.93. The molecule has 0 bridgehead atoms. The summed E-state index contributed by atoms with van der Waals surface area (Å²) in [6.45, 7) is 1.29. The number of carbonyl (C=O) groups excluding carboxylic acids is 1. The van der Waals surface area contributed by atoms with Crippen LogP contribution >= 0.6 is 0 Å². The number of pyridine rings is 1. The molecule has 0 aliphatic carbocycles. The molecule has 1 aliphatic rings. The van der Waals surface area contributed by atoms with Crippen LogP contribution in [-0.4, -0.2) is 30.1 Å². The molecule has 1 aliphatic heterocycles. The van der Waals surface area contributed by atoms with Gasteiger partial charge in [-0.3, -0.25) is 4.79 Å². The molecular formula is C12H13N3O2. The number of hydrogen-bond donors (Lipinski definition) is 1. The van der Waals surface area contributed by atoms with Gasteiger partial charge in [-0.1, -0.05) is 0 Å². The van der Waals surface area contributed by atoms with Gasteiger partial charge in [-0.25, -0.2) is 4.98 Å². The maximum atomic E-state index is 11.7. The topological polar surface area (TPSA) is 75.0 Å². The summed E-state index contributed by atoms with van der Waals surface area (Å²) in [5.74, 6) is -0.231. The Morgan fingerprint density at radius 2 is 2.53 bits per heavy atom. The van der Waals surface area contributed by atoms with Crippen molar-refractivity contribution in [2.24, 2.45) is 0 Å². The van der Waals surface area contributed by atoms with Crippen LogP contribution < -0.4 is 5.32 Å². The fourth-order valence-corrected chi connectivity index (χ4v) is 1.70. The lowest BCUT2D eigenvalue weighted by Crippen LogP contribution is -2.32. The van der Waals surface area contributed by atoms with Crippen molar-refractivity contribution in [1.82, 2.24) is 10.3 Å². The first kappa shape index (κ1) is 11.6. The van der Waals surface area contributed by atoms with E-state index < -0.39 is 0 Å². The number of rotatable bonds is 3. The normalized spacial score (nSPS) is 18.6. The highest BCUT2D eigenvalue weighted by atomic mass is 16.5. The second-order valence-electron chi connectivity index (χ2n) is 3.89. The van der Waals surface area contributed by atoms with Crippen molar-refractivity contribution in [3.63, 3.8) is 0 Å². The average molecular weight is 231 g/mol. The van der Waals surface area contributed by atoms with Crippen LogP contribution in [0.3, 0.4) is 0 Å². The van der Waals surface area contributed by atoms with Crippen molar-refractivity contribution < 1.29 is 9.53 Å². The van der Waals surface area contributed by atoms with Crippen molar-refractivity contribution in [2.45, 2.75) is 18.9 Å². The van der Waals surface area contributed by atoms with Crippen LogP contribution in [0, 0.1) is 11.3 Å². The quantitative estimate of drug-likeness (QED) is 0.837. The van der Waals surface area contributed by atoms with E-state index in [0.717, 1.165) is 19.4 Å². The van der Waals surface area contributed by atoms with E-state index in [1.807, 2.05) is 6.07 Å². The number of nitrogens with zero attached hydrogens (tertiary/aromatic N) is 2. The van der Waals surface area contributed by atoms with Gasteiger partial charge >= 0.3 is 0 Å². The maximum Gasteiger partial charge on any atom is 0.269 e. The van der Waals surface area contributed by atoms with Crippen LogP contribution in [0.4, 0.5) is 0 Å². The molecule has 1 saturated heterocycles. The zero-order valence-corrected chi connectivity index (χ0v) is 9.35. The van der Waals surface area contributed by atoms with Gasteiger partial charge in [0.05, 0.1) is 11.7 Å². The number of ether oxygens (including phenoxy) is 1. The highest BCUT2D eigenvalue weighted by molar-refractivity contribution is 5.92. The van der Waals surface area contributed by atoms with Gasteiger partial charge in [-0.05, 0) is 25.0 Å². The Morgan fingerprint density at radius 1 is 1.65 bits per heavy atom. The minimum absolute atomic E-state index is 0.123. The van der Waals surface area contributed by atoms with Crippen LogP contribution in [0.1, 0.15) is 28.9 Å². The number of nitrogens with one attached hydrogen (secondary N) is 1. The van der Waals surface area contributed by atoms with Gasteiger partial charge in [-0.15, -0.1) is 0 Å². The standard InChI is InChI=1S/C12H13N3O2/c13-6-9-3-4-11(14-7-9)12(16)15-8-10-2-1-5-17-10/h3-4,7,10H,1-2,5,8H2,(H,15,16). The van der Waals surface area contributed by atoms with Crippen LogP contribution in [-0.2, 0) is 4.74 Å². The molecule has 1 atom stereocenters. The molecule has 0 spiro atoms. The zero-order chi connectivity index (χ0) is 12.1. The molecule has 1 N–H and O–H groups in total. The average Bonchev–Trinajstić information content (AvgIpc) is 2.89. The van der Waals surface area contributed by atoms with E-state index in [-0.39, 0.29) is 12.0 Å². The third kappa shape index (κ3) is 3.02. The molecule has 1 unspecified atom stereocenters. The highest BCUT2D eigenvalue weighted by Crippen LogP contribution is 2.10. The van der Waals surface area contributed by atoms with Crippen LogP contribution in [0.5, 0.6) is 0 Å². The lowest BCUT2D eigenvalue weighted by atomic mass is 10.2. The van der Waals surface area contributed by atoms with Crippen molar-refractivity contribution in [1.29, 1.82) is 5.26 Å². The molecule has 0 saturated carbocycles. The van der Waals surface area contributed by atoms with Crippen molar-refractivity contribution in [3.05, 3.63) is 29.6 Å². The Bertz CT molecular complexity index is 430. The van der Waals surface area contributed by atoms with Gasteiger partial charge < -0.3 is 10.1 Å². The first-order valence-electron chi connectivity index (χ1n) is 5.55. The van der Waals surface area contributed by atoms with Crippen molar-refractivity contribution in [3.8, 4) is 6.07 Å². The number of nitriles is 1. The summed E-state index contributed by atoms with van der Waals surface area (Å²) >= 11 is 0. The number of amides is 1. The van der Waals surface area contributed by atoms with E-state index >= 15 is 0 Å². The Morgan fingerprint density at radius 3 is 3.12 bits per heavy atom. The third-order valence-electron chi connectivity index (χ3n) is 2.64. The molecule has 2 heterocycles. The van der Waals surface area contributed by atoms with E-state index in [9.17, 15) is 4.79 Å². The molecule has 1 amide bonds. The predicted molar refractivity (Wildman–Crippen MR) is 60.3 cm³/mol. The van der Waals surface area contributed by atoms with Gasteiger partial charge in [0.2, 0.25) is 0 Å². The summed E-state index contributed by atoms with van der Waals surface area (Å²) in [4.78, 5) is 15.6. The van der Waals surface area contributed by atoms with E-state index in [1.54, 1.807) is 12.1 Å². The van der Waals surface area contributed by atoms with E-state index in [0.29, 0.717) is 17.8 Å². The smallest absolute Gasteiger partial charge is 0.269 e. The molecule has 2 rings (SSSR count). The van der Waals surface area contributed by atoms with E-state index in [4.69, 9.17) is 10.00 Å². The van der Waals surface area contributed by atoms with Crippen molar-refractivity contribution >= 4 is 5.91 Å². The molecular weight excluding hydrogens is 218 g/mol. The van der Waals surface area contributed by atoms with E-state index in [2.05, 4.69) is 10.3 Å². The predicted octanol–water partition coefficient (Wildman–Crippen LogP) is 0.862. The monoisotopic (exact) mass is 231 g/mol. The SMILES string of the molecule is N#Cc1ccc(C(=O)NCC2CCCO2)nc1. The number of carbonyl (C=O) groups is 1. The number of aromatic nitrogens is 1. The molecule has 0 radical (unpaired) electrons. The molecule has 0 aromatic carbocycles. The van der Waals surface area contributed by atoms with Crippen LogP contribution in [0.15, 0.2) is 18.3 Å². The Balaban J connectivity index is 1.88. The van der Waals surface area contributed by atoms with Gasteiger partial charge in [0.25, 0.3) is 5.91 Å². The molecule has 88 valence electrons. The summed E-state index contributed by atoms with van der Waals surface area (Å²) in [6, 6.07) is 5.08. The first-order valence-corrected chi connectivity index (χ1v) is 5.55. The van der Waals surface area contributed by atoms with Crippen LogP contribution in [0.2, 0.25) is 0 Å². The fraction of sp³-hybridized carbons (Fsp3) is 0.417. The van der Waals surface area contributed by atoms with Gasteiger partial charge in [0.15, 0.2) is 0 Å². The zero-order valence-electron chi connectivity index (χ0n) is 9.35. The molecule has 1 aromatic rings. The largest absolute Gasteiger partial charge is 0.376 e. The molecule has 17 heavy (non-hydrogen) atoms. The lowest BCUT2D eigenvalue weighted by Gasteiger charge is -2.10. The highest BCUT2D eigenvalue weighted by Gasteiger charge is 2.16. The second kappa shape index (κ2) is 5.41. The Labute approximate surface area is 99.4 Å². The maximum absolute atomic E-state index is 11.7. The molecule has 1 aromatic heterocycles. The van der Waals surface area contributed by atoms with Gasteiger partial charge in [0, 0.05) is 19.3 Å². The Kier molecular flexibility index (Phi) is 3.68. The molecule has 5 heteroatoms. The third-order valence-corrected chi connectivity index (χ3v) is 2.64. The van der Waals surface area contributed by atoms with Crippen LogP contribution in [0.25, 0.3) is 0 Å². The fourth-order valence-electron chi connectivity index (χ4n) is 1.70. The van der Waals surface area contributed by atoms with E-state index in [1.165, 1.54) is 6.20 Å². The number of hydrogen-bond acceptors (Lipinski definition) is 4. The minimum Gasteiger partial charge on any atom is -0.376 e. The van der Waals surface area contributed by atoms with Gasteiger partial charge in [-0.2, -0.15) is 5.26 Å². The van der Waals surface area contributed by atoms with Gasteiger partial charge in [0.1, 0.15) is 11.8 Å². The second-order valence-corrected chi connectivity index (χ2v) is 3.89. The molecule has 5 nitrogen and oxygen atoms in total. The molecule has 1 fully saturated rings. The summed E-state index contributed by atoms with van der Waals surface area (Å²) in [5, 5.41) is 11.4. The summed E-state index contributed by atoms with van der Waals surface area (Å²) in [7, 11) is 0. The summed E-state index contributed by atoms with van der Waals surface area (Å²) in [6.07, 6.45) is 3.55. The van der Waals surface area contributed by atoms with Crippen molar-refractivity contribution in [2.75, 3.05) is 13.2 Å².